The molecule has 6 heteroatoms. The zero-order chi connectivity index (χ0) is 22.8. The van der Waals surface area contributed by atoms with E-state index in [1.165, 1.54) is 16.3 Å². The predicted octanol–water partition coefficient (Wildman–Crippen LogP) is 5.53. The van der Waals surface area contributed by atoms with E-state index in [1.54, 1.807) is 0 Å². The molecule has 1 radical (unpaired) electrons. The van der Waals surface area contributed by atoms with E-state index in [4.69, 9.17) is 15.1 Å². The molecule has 1 aliphatic heterocycles. The third kappa shape index (κ3) is 4.71. The summed E-state index contributed by atoms with van der Waals surface area (Å²) in [6, 6.07) is 25.9. The molecule has 173 valence electrons. The van der Waals surface area contributed by atoms with E-state index in [-0.39, 0.29) is 26.1 Å². The van der Waals surface area contributed by atoms with Crippen LogP contribution in [0.1, 0.15) is 18.4 Å². The van der Waals surface area contributed by atoms with E-state index in [0.717, 1.165) is 52.4 Å². The van der Waals surface area contributed by atoms with Crippen molar-refractivity contribution in [3.8, 4) is 11.3 Å². The predicted molar refractivity (Wildman–Crippen MR) is 132 cm³/mol. The molecule has 5 aromatic rings. The number of nitrogens with one attached hydrogen (secondary N) is 1. The van der Waals surface area contributed by atoms with Crippen LogP contribution in [0.3, 0.4) is 0 Å². The van der Waals surface area contributed by atoms with Crippen LogP contribution in [-0.4, -0.2) is 33.6 Å². The van der Waals surface area contributed by atoms with E-state index >= 15 is 0 Å². The average molecular weight is 627 g/mol. The zero-order valence-electron chi connectivity index (χ0n) is 18.7. The Labute approximate surface area is 211 Å². The molecule has 2 N–H and O–H groups in total. The first kappa shape index (κ1) is 24.0. The van der Waals surface area contributed by atoms with Crippen LogP contribution >= 0.6 is 0 Å². The van der Waals surface area contributed by atoms with Gasteiger partial charge in [-0.2, -0.15) is 0 Å². The van der Waals surface area contributed by atoms with Gasteiger partial charge in [-0.05, 0) is 37.8 Å². The van der Waals surface area contributed by atoms with Crippen LogP contribution in [0.2, 0.25) is 0 Å². The second-order valence-corrected chi connectivity index (χ2v) is 8.31. The van der Waals surface area contributed by atoms with Crippen LogP contribution in [0.4, 0.5) is 0 Å². The topological polar surface area (TPSA) is 75.1 Å². The maximum Gasteiger partial charge on any atom is 0.320 e. The summed E-state index contributed by atoms with van der Waals surface area (Å²) in [7, 11) is 0. The summed E-state index contributed by atoms with van der Waals surface area (Å²) in [6.07, 6.45) is 3.65. The first-order chi connectivity index (χ1) is 16.1. The molecule has 0 spiro atoms. The second-order valence-electron chi connectivity index (χ2n) is 8.31. The van der Waals surface area contributed by atoms with Crippen molar-refractivity contribution in [1.82, 2.24) is 15.3 Å². The monoisotopic (exact) mass is 627 g/mol. The molecule has 0 aliphatic carbocycles. The van der Waals surface area contributed by atoms with Gasteiger partial charge in [0.05, 0.1) is 11.2 Å². The summed E-state index contributed by atoms with van der Waals surface area (Å²) >= 11 is 0. The van der Waals surface area contributed by atoms with Crippen molar-refractivity contribution in [3.05, 3.63) is 84.6 Å². The number of fused-ring (bicyclic) bond motifs is 6. The number of aromatic nitrogens is 2. The molecule has 1 unspecified atom stereocenters. The second kappa shape index (κ2) is 10.4. The van der Waals surface area contributed by atoms with Crippen molar-refractivity contribution in [2.75, 3.05) is 6.54 Å². The van der Waals surface area contributed by atoms with Crippen molar-refractivity contribution in [2.24, 2.45) is 0 Å². The zero-order valence-corrected chi connectivity index (χ0v) is 21.1. The van der Waals surface area contributed by atoms with Gasteiger partial charge in [0.1, 0.15) is 6.04 Å². The number of hydrogen-bond donors (Lipinski definition) is 2. The normalized spacial score (nSPS) is 15.0. The Hall–Kier alpha value is -3.18. The summed E-state index contributed by atoms with van der Waals surface area (Å²) in [5, 5.41) is 15.7. The standard InChI is InChI=1S/C23H15N2.C5H9NO2.Ir/c1-15-7-6-8-16(13-15)21-14-24-22-19-11-4-2-9-17(19)18-10-3-5-12-20(18)23(22)25-21;7-5(8)4-2-1-3-6-4;/h2-10,12-14H,1H3;4,6H,1-3H2,(H,7,8);/q-1;;. The molecular formula is C28H24IrN3O2-. The van der Waals surface area contributed by atoms with Gasteiger partial charge < -0.3 is 15.4 Å². The van der Waals surface area contributed by atoms with Crippen molar-refractivity contribution >= 4 is 38.5 Å². The van der Waals surface area contributed by atoms with Gasteiger partial charge in [-0.15, -0.1) is 29.7 Å². The summed E-state index contributed by atoms with van der Waals surface area (Å²) in [5.41, 5.74) is 5.05. The Morgan fingerprint density at radius 1 is 1.03 bits per heavy atom. The molecular weight excluding hydrogens is 603 g/mol. The molecule has 1 aromatic heterocycles. The van der Waals surface area contributed by atoms with Gasteiger partial charge in [0, 0.05) is 37.4 Å². The number of benzene rings is 4. The van der Waals surface area contributed by atoms with Gasteiger partial charge in [-0.1, -0.05) is 58.8 Å². The number of aryl methyl sites for hydroxylation is 1. The SMILES string of the molecule is Cc1cccc(-c2cnc3c4[c-]cccc4c4ccccc4c3n2)c1.O=C(O)C1CCCN1.[Ir]. The molecule has 1 aliphatic rings. The van der Waals surface area contributed by atoms with Crippen LogP contribution in [0.25, 0.3) is 43.8 Å². The molecule has 0 bridgehead atoms. The van der Waals surface area contributed by atoms with Crippen molar-refractivity contribution < 1.29 is 30.0 Å². The smallest absolute Gasteiger partial charge is 0.320 e. The maximum atomic E-state index is 10.1. The molecule has 2 heterocycles. The number of rotatable bonds is 2. The first-order valence-corrected chi connectivity index (χ1v) is 11.1. The van der Waals surface area contributed by atoms with E-state index in [0.29, 0.717) is 0 Å². The van der Waals surface area contributed by atoms with E-state index in [1.807, 2.05) is 18.3 Å². The Morgan fingerprint density at radius 2 is 1.82 bits per heavy atom. The minimum atomic E-state index is -0.720. The quantitative estimate of drug-likeness (QED) is 0.199. The van der Waals surface area contributed by atoms with Gasteiger partial charge >= 0.3 is 5.97 Å². The molecule has 0 amide bonds. The number of hydrogen-bond acceptors (Lipinski definition) is 4. The number of nitrogens with zero attached hydrogens (tertiary/aromatic N) is 2. The van der Waals surface area contributed by atoms with Crippen LogP contribution in [0.5, 0.6) is 0 Å². The fraction of sp³-hybridized carbons (Fsp3) is 0.179. The van der Waals surface area contributed by atoms with E-state index < -0.39 is 5.97 Å². The van der Waals surface area contributed by atoms with Crippen LogP contribution in [-0.2, 0) is 24.9 Å². The van der Waals surface area contributed by atoms with Gasteiger partial charge in [-0.25, -0.2) is 0 Å². The molecule has 1 fully saturated rings. The fourth-order valence-corrected chi connectivity index (χ4v) is 4.38. The summed E-state index contributed by atoms with van der Waals surface area (Å²) in [5.74, 6) is -0.720. The number of carbonyl (C=O) groups is 1. The molecule has 1 saturated heterocycles. The van der Waals surface area contributed by atoms with Gasteiger partial charge in [0.2, 0.25) is 0 Å². The fourth-order valence-electron chi connectivity index (χ4n) is 4.38. The molecule has 1 atom stereocenters. The summed E-state index contributed by atoms with van der Waals surface area (Å²) < 4.78 is 0. The number of aliphatic carboxylic acids is 1. The Bertz CT molecular complexity index is 1440. The molecule has 6 rings (SSSR count). The minimum absolute atomic E-state index is 0. The van der Waals surface area contributed by atoms with Crippen molar-refractivity contribution in [2.45, 2.75) is 25.8 Å². The van der Waals surface area contributed by atoms with Gasteiger partial charge in [0.25, 0.3) is 0 Å². The van der Waals surface area contributed by atoms with E-state index in [9.17, 15) is 4.79 Å². The third-order valence-corrected chi connectivity index (χ3v) is 6.01. The first-order valence-electron chi connectivity index (χ1n) is 11.1. The Kier molecular flexibility index (Phi) is 7.32. The summed E-state index contributed by atoms with van der Waals surface area (Å²) in [6.45, 7) is 2.95. The van der Waals surface area contributed by atoms with Crippen molar-refractivity contribution in [1.29, 1.82) is 0 Å². The minimum Gasteiger partial charge on any atom is -0.480 e. The van der Waals surface area contributed by atoms with Crippen LogP contribution < -0.4 is 5.32 Å². The third-order valence-electron chi connectivity index (χ3n) is 6.01. The van der Waals surface area contributed by atoms with Crippen molar-refractivity contribution in [3.63, 3.8) is 0 Å². The van der Waals surface area contributed by atoms with Crippen LogP contribution in [0.15, 0.2) is 72.9 Å². The Morgan fingerprint density at radius 3 is 2.53 bits per heavy atom. The average Bonchev–Trinajstić information content (AvgIpc) is 3.40. The molecule has 34 heavy (non-hydrogen) atoms. The number of carboxylic acid groups (broad SMARTS) is 1. The van der Waals surface area contributed by atoms with Crippen LogP contribution in [0, 0.1) is 13.0 Å². The van der Waals surface area contributed by atoms with Gasteiger partial charge in [0.15, 0.2) is 0 Å². The number of carboxylic acids is 1. The summed E-state index contributed by atoms with van der Waals surface area (Å²) in [4.78, 5) is 19.9. The molecule has 0 saturated carbocycles. The maximum absolute atomic E-state index is 10.1. The Balaban J connectivity index is 0.000000261. The largest absolute Gasteiger partial charge is 0.480 e. The molecule has 4 aromatic carbocycles. The van der Waals surface area contributed by atoms with E-state index in [2.05, 4.69) is 72.9 Å². The van der Waals surface area contributed by atoms with Gasteiger partial charge in [-0.3, -0.25) is 9.78 Å². The molecule has 5 nitrogen and oxygen atoms in total.